The Bertz CT molecular complexity index is 359. The normalized spacial score (nSPS) is 24.2. The summed E-state index contributed by atoms with van der Waals surface area (Å²) in [5.41, 5.74) is 0. The van der Waals surface area contributed by atoms with E-state index in [1.165, 1.54) is 6.42 Å². The summed E-state index contributed by atoms with van der Waals surface area (Å²) in [6, 6.07) is -0.641. The fourth-order valence-electron chi connectivity index (χ4n) is 3.75. The Kier molecular flexibility index (Phi) is 6.03. The van der Waals surface area contributed by atoms with Crippen molar-refractivity contribution in [1.82, 2.24) is 5.32 Å². The van der Waals surface area contributed by atoms with E-state index in [9.17, 15) is 14.7 Å². The van der Waals surface area contributed by atoms with Gasteiger partial charge in [-0.1, -0.05) is 38.5 Å². The molecule has 2 aliphatic carbocycles. The van der Waals surface area contributed by atoms with E-state index in [0.29, 0.717) is 0 Å². The molecule has 0 aliphatic heterocycles. The molecule has 0 saturated heterocycles. The third-order valence-corrected chi connectivity index (χ3v) is 5.04. The molecule has 2 atom stereocenters. The lowest BCUT2D eigenvalue weighted by atomic mass is 9.81. The Morgan fingerprint density at radius 1 is 0.905 bits per heavy atom. The SMILES string of the molecule is O=C(NC(C1CCCCC1)C(O)C(=O)O)C1CCCCC1. The van der Waals surface area contributed by atoms with Crippen LogP contribution in [-0.2, 0) is 9.59 Å². The molecule has 0 aromatic carbocycles. The summed E-state index contributed by atoms with van der Waals surface area (Å²) in [6.07, 6.45) is 8.59. The van der Waals surface area contributed by atoms with Gasteiger partial charge in [-0.05, 0) is 31.6 Å². The minimum absolute atomic E-state index is 0.00849. The van der Waals surface area contributed by atoms with Gasteiger partial charge in [0.15, 0.2) is 6.10 Å². The van der Waals surface area contributed by atoms with Crippen molar-refractivity contribution >= 4 is 11.9 Å². The molecular formula is C16H27NO4. The van der Waals surface area contributed by atoms with Gasteiger partial charge in [0.1, 0.15) is 0 Å². The van der Waals surface area contributed by atoms with E-state index < -0.39 is 18.1 Å². The first kappa shape index (κ1) is 16.3. The van der Waals surface area contributed by atoms with Crippen LogP contribution in [0.4, 0.5) is 0 Å². The van der Waals surface area contributed by atoms with Crippen LogP contribution in [0.5, 0.6) is 0 Å². The van der Waals surface area contributed by atoms with Gasteiger partial charge in [0.05, 0.1) is 6.04 Å². The number of carbonyl (C=O) groups is 2. The number of hydrogen-bond donors (Lipinski definition) is 3. The molecule has 2 unspecified atom stereocenters. The first-order valence-corrected chi connectivity index (χ1v) is 8.31. The number of carboxylic acids is 1. The number of aliphatic hydroxyl groups is 1. The minimum Gasteiger partial charge on any atom is -0.479 e. The van der Waals surface area contributed by atoms with Crippen LogP contribution in [-0.4, -0.2) is 34.2 Å². The van der Waals surface area contributed by atoms with Crippen LogP contribution < -0.4 is 5.32 Å². The molecule has 5 nitrogen and oxygen atoms in total. The molecule has 2 rings (SSSR count). The van der Waals surface area contributed by atoms with Crippen LogP contribution in [0.15, 0.2) is 0 Å². The maximum atomic E-state index is 12.4. The van der Waals surface area contributed by atoms with Gasteiger partial charge in [0, 0.05) is 5.92 Å². The molecule has 0 bridgehead atoms. The van der Waals surface area contributed by atoms with Gasteiger partial charge in [0.2, 0.25) is 5.91 Å². The number of carboxylic acid groups (broad SMARTS) is 1. The molecular weight excluding hydrogens is 270 g/mol. The summed E-state index contributed by atoms with van der Waals surface area (Å²) >= 11 is 0. The van der Waals surface area contributed by atoms with Crippen LogP contribution in [0.3, 0.4) is 0 Å². The Hall–Kier alpha value is -1.10. The molecule has 0 aromatic rings. The molecule has 1 amide bonds. The number of hydrogen-bond acceptors (Lipinski definition) is 3. The number of aliphatic hydroxyl groups excluding tert-OH is 1. The highest BCUT2D eigenvalue weighted by Gasteiger charge is 2.36. The Labute approximate surface area is 126 Å². The first-order chi connectivity index (χ1) is 10.1. The van der Waals surface area contributed by atoms with E-state index in [-0.39, 0.29) is 17.7 Å². The quantitative estimate of drug-likeness (QED) is 0.725. The summed E-state index contributed by atoms with van der Waals surface area (Å²) in [4.78, 5) is 23.5. The predicted molar refractivity (Wildman–Crippen MR) is 78.7 cm³/mol. The van der Waals surface area contributed by atoms with Gasteiger partial charge in [-0.3, -0.25) is 4.79 Å². The highest BCUT2D eigenvalue weighted by molar-refractivity contribution is 5.81. The van der Waals surface area contributed by atoms with Crippen molar-refractivity contribution in [2.45, 2.75) is 76.4 Å². The second-order valence-electron chi connectivity index (χ2n) is 6.55. The third-order valence-electron chi connectivity index (χ3n) is 5.04. The van der Waals surface area contributed by atoms with Gasteiger partial charge >= 0.3 is 5.97 Å². The lowest BCUT2D eigenvalue weighted by Gasteiger charge is -2.34. The van der Waals surface area contributed by atoms with Crippen LogP contribution in [0.2, 0.25) is 0 Å². The summed E-state index contributed by atoms with van der Waals surface area (Å²) in [7, 11) is 0. The smallest absolute Gasteiger partial charge is 0.334 e. The van der Waals surface area contributed by atoms with E-state index in [1.807, 2.05) is 0 Å². The van der Waals surface area contributed by atoms with Crippen molar-refractivity contribution in [2.24, 2.45) is 11.8 Å². The van der Waals surface area contributed by atoms with E-state index >= 15 is 0 Å². The number of nitrogens with one attached hydrogen (secondary N) is 1. The van der Waals surface area contributed by atoms with Crippen LogP contribution >= 0.6 is 0 Å². The molecule has 120 valence electrons. The monoisotopic (exact) mass is 297 g/mol. The zero-order chi connectivity index (χ0) is 15.2. The molecule has 5 heteroatoms. The second-order valence-corrected chi connectivity index (χ2v) is 6.55. The van der Waals surface area contributed by atoms with Crippen LogP contribution in [0.1, 0.15) is 64.2 Å². The highest BCUT2D eigenvalue weighted by atomic mass is 16.4. The molecule has 0 radical (unpaired) electrons. The maximum Gasteiger partial charge on any atom is 0.334 e. The minimum atomic E-state index is -1.50. The van der Waals surface area contributed by atoms with Crippen molar-refractivity contribution in [3.05, 3.63) is 0 Å². The molecule has 3 N–H and O–H groups in total. The zero-order valence-corrected chi connectivity index (χ0v) is 12.6. The lowest BCUT2D eigenvalue weighted by Crippen LogP contribution is -2.53. The molecule has 0 aromatic heterocycles. The molecule has 2 aliphatic rings. The fourth-order valence-corrected chi connectivity index (χ4v) is 3.75. The molecule has 21 heavy (non-hydrogen) atoms. The number of aliphatic carboxylic acids is 1. The maximum absolute atomic E-state index is 12.4. The predicted octanol–water partition coefficient (Wildman–Crippen LogP) is 2.08. The zero-order valence-electron chi connectivity index (χ0n) is 12.6. The average molecular weight is 297 g/mol. The van der Waals surface area contributed by atoms with Crippen molar-refractivity contribution in [3.8, 4) is 0 Å². The van der Waals surface area contributed by atoms with Crippen molar-refractivity contribution < 1.29 is 19.8 Å². The third kappa shape index (κ3) is 4.43. The molecule has 2 fully saturated rings. The van der Waals surface area contributed by atoms with E-state index in [4.69, 9.17) is 5.11 Å². The molecule has 2 saturated carbocycles. The fraction of sp³-hybridized carbons (Fsp3) is 0.875. The van der Waals surface area contributed by atoms with Gasteiger partial charge in [0.25, 0.3) is 0 Å². The van der Waals surface area contributed by atoms with Crippen LogP contribution in [0, 0.1) is 11.8 Å². The average Bonchev–Trinajstić information content (AvgIpc) is 2.53. The van der Waals surface area contributed by atoms with E-state index in [1.54, 1.807) is 0 Å². The second kappa shape index (κ2) is 7.78. The van der Waals surface area contributed by atoms with Crippen molar-refractivity contribution in [2.75, 3.05) is 0 Å². The topological polar surface area (TPSA) is 86.6 Å². The Balaban J connectivity index is 2.00. The molecule has 0 heterocycles. The van der Waals surface area contributed by atoms with Gasteiger partial charge < -0.3 is 15.5 Å². The summed E-state index contributed by atoms with van der Waals surface area (Å²) in [6.45, 7) is 0. The van der Waals surface area contributed by atoms with Gasteiger partial charge in [-0.25, -0.2) is 4.79 Å². The summed E-state index contributed by atoms with van der Waals surface area (Å²) < 4.78 is 0. The van der Waals surface area contributed by atoms with Crippen molar-refractivity contribution in [1.29, 1.82) is 0 Å². The summed E-state index contributed by atoms with van der Waals surface area (Å²) in [5.74, 6) is -1.23. The highest BCUT2D eigenvalue weighted by Crippen LogP contribution is 2.29. The number of amides is 1. The largest absolute Gasteiger partial charge is 0.479 e. The number of carbonyl (C=O) groups excluding carboxylic acids is 1. The molecule has 0 spiro atoms. The van der Waals surface area contributed by atoms with E-state index in [2.05, 4.69) is 5.32 Å². The lowest BCUT2D eigenvalue weighted by molar-refractivity contribution is -0.150. The first-order valence-electron chi connectivity index (χ1n) is 8.31. The summed E-state index contributed by atoms with van der Waals surface area (Å²) in [5, 5.41) is 21.9. The van der Waals surface area contributed by atoms with Gasteiger partial charge in [-0.15, -0.1) is 0 Å². The van der Waals surface area contributed by atoms with Crippen LogP contribution in [0.25, 0.3) is 0 Å². The van der Waals surface area contributed by atoms with Crippen molar-refractivity contribution in [3.63, 3.8) is 0 Å². The Morgan fingerprint density at radius 2 is 1.43 bits per heavy atom. The number of rotatable bonds is 5. The van der Waals surface area contributed by atoms with E-state index in [0.717, 1.165) is 57.8 Å². The van der Waals surface area contributed by atoms with Gasteiger partial charge in [-0.2, -0.15) is 0 Å². The Morgan fingerprint density at radius 3 is 1.95 bits per heavy atom. The standard InChI is InChI=1S/C16H27NO4/c18-14(16(20)21)13(11-7-3-1-4-8-11)17-15(19)12-9-5-2-6-10-12/h11-14,18H,1-10H2,(H,17,19)(H,20,21).